The zero-order valence-corrected chi connectivity index (χ0v) is 17.6. The van der Waals surface area contributed by atoms with Crippen molar-refractivity contribution in [3.8, 4) is 0 Å². The van der Waals surface area contributed by atoms with Gasteiger partial charge in [0.15, 0.2) is 0 Å². The Labute approximate surface area is 173 Å². The molecule has 1 fully saturated rings. The Morgan fingerprint density at radius 3 is 2.14 bits per heavy atom. The number of aryl methyl sites for hydroxylation is 1. The summed E-state index contributed by atoms with van der Waals surface area (Å²) < 4.78 is 29.8. The lowest BCUT2D eigenvalue weighted by Crippen LogP contribution is -2.39. The molecule has 1 aliphatic rings. The summed E-state index contributed by atoms with van der Waals surface area (Å²) in [7, 11) is -3.51. The van der Waals surface area contributed by atoms with E-state index >= 15 is 0 Å². The Morgan fingerprint density at radius 2 is 1.52 bits per heavy atom. The molecule has 152 valence electrons. The number of benzene rings is 2. The van der Waals surface area contributed by atoms with Crippen LogP contribution < -0.4 is 0 Å². The molecule has 29 heavy (non-hydrogen) atoms. The van der Waals surface area contributed by atoms with Crippen molar-refractivity contribution < 1.29 is 8.42 Å². The molecular weight excluding hydrogens is 382 g/mol. The largest absolute Gasteiger partial charge is 0.267 e. The number of rotatable bonds is 6. The second-order valence-electron chi connectivity index (χ2n) is 7.80. The molecule has 0 spiro atoms. The molecule has 3 aromatic rings. The van der Waals surface area contributed by atoms with Gasteiger partial charge in [-0.15, -0.1) is 0 Å². The molecule has 0 amide bonds. The maximum atomic E-state index is 13.2. The Bertz CT molecular complexity index is 1040. The number of sulfonamides is 1. The second kappa shape index (κ2) is 8.51. The number of piperidine rings is 1. The summed E-state index contributed by atoms with van der Waals surface area (Å²) in [6.07, 6.45) is 4.48. The summed E-state index contributed by atoms with van der Waals surface area (Å²) >= 11 is 0. The third kappa shape index (κ3) is 4.60. The van der Waals surface area contributed by atoms with Crippen LogP contribution in [0.3, 0.4) is 0 Å². The SMILES string of the molecule is Cc1nn(Cc2ccccc2)cc1S(=O)(=O)N1CCC(Cc2ccccc2)CC1. The fourth-order valence-electron chi connectivity index (χ4n) is 4.04. The van der Waals surface area contributed by atoms with Gasteiger partial charge in [0, 0.05) is 19.3 Å². The lowest BCUT2D eigenvalue weighted by molar-refractivity contribution is 0.272. The molecule has 6 heteroatoms. The van der Waals surface area contributed by atoms with Crippen molar-refractivity contribution in [3.63, 3.8) is 0 Å². The molecule has 0 N–H and O–H groups in total. The monoisotopic (exact) mass is 409 g/mol. The van der Waals surface area contributed by atoms with Gasteiger partial charge in [-0.25, -0.2) is 8.42 Å². The van der Waals surface area contributed by atoms with Gasteiger partial charge in [0.2, 0.25) is 10.0 Å². The van der Waals surface area contributed by atoms with E-state index in [1.807, 2.05) is 36.4 Å². The highest BCUT2D eigenvalue weighted by Gasteiger charge is 2.31. The van der Waals surface area contributed by atoms with Crippen LogP contribution in [0.15, 0.2) is 71.8 Å². The topological polar surface area (TPSA) is 55.2 Å². The smallest absolute Gasteiger partial charge is 0.246 e. The van der Waals surface area contributed by atoms with Crippen molar-refractivity contribution in [2.24, 2.45) is 5.92 Å². The quantitative estimate of drug-likeness (QED) is 0.621. The molecule has 0 saturated carbocycles. The first-order chi connectivity index (χ1) is 14.0. The van der Waals surface area contributed by atoms with Gasteiger partial charge in [-0.05, 0) is 43.2 Å². The van der Waals surface area contributed by atoms with Crippen molar-refractivity contribution in [1.29, 1.82) is 0 Å². The Hall–Kier alpha value is -2.44. The molecule has 4 rings (SSSR count). The molecule has 1 aromatic heterocycles. The maximum Gasteiger partial charge on any atom is 0.246 e. The minimum absolute atomic E-state index is 0.329. The molecule has 0 atom stereocenters. The summed E-state index contributed by atoms with van der Waals surface area (Å²) in [5, 5.41) is 4.45. The van der Waals surface area contributed by atoms with Gasteiger partial charge in [0.1, 0.15) is 4.90 Å². The van der Waals surface area contributed by atoms with Gasteiger partial charge >= 0.3 is 0 Å². The standard InChI is InChI=1S/C23H27N3O2S/c1-19-23(18-25(24-19)17-22-10-6-3-7-11-22)29(27,28)26-14-12-21(13-15-26)16-20-8-4-2-5-9-20/h2-11,18,21H,12-17H2,1H3. The van der Waals surface area contributed by atoms with Crippen LogP contribution in [0.4, 0.5) is 0 Å². The highest BCUT2D eigenvalue weighted by molar-refractivity contribution is 7.89. The summed E-state index contributed by atoms with van der Waals surface area (Å²) in [6, 6.07) is 20.4. The normalized spacial score (nSPS) is 16.2. The fourth-order valence-corrected chi connectivity index (χ4v) is 5.68. The highest BCUT2D eigenvalue weighted by atomic mass is 32.2. The van der Waals surface area contributed by atoms with E-state index in [0.717, 1.165) is 24.8 Å². The van der Waals surface area contributed by atoms with Crippen molar-refractivity contribution in [1.82, 2.24) is 14.1 Å². The lowest BCUT2D eigenvalue weighted by Gasteiger charge is -2.31. The number of nitrogens with zero attached hydrogens (tertiary/aromatic N) is 3. The highest BCUT2D eigenvalue weighted by Crippen LogP contribution is 2.27. The van der Waals surface area contributed by atoms with Gasteiger partial charge in [-0.1, -0.05) is 60.7 Å². The summed E-state index contributed by atoms with van der Waals surface area (Å²) in [6.45, 7) is 3.49. The first kappa shape index (κ1) is 19.9. The van der Waals surface area contributed by atoms with E-state index in [4.69, 9.17) is 0 Å². The number of hydrogen-bond acceptors (Lipinski definition) is 3. The van der Waals surface area contributed by atoms with E-state index in [1.165, 1.54) is 5.56 Å². The number of hydrogen-bond donors (Lipinski definition) is 0. The van der Waals surface area contributed by atoms with Crippen molar-refractivity contribution in [2.45, 2.75) is 37.6 Å². The van der Waals surface area contributed by atoms with Crippen LogP contribution in [0.5, 0.6) is 0 Å². The van der Waals surface area contributed by atoms with Crippen LogP contribution >= 0.6 is 0 Å². The molecule has 0 radical (unpaired) electrons. The van der Waals surface area contributed by atoms with Crippen molar-refractivity contribution in [3.05, 3.63) is 83.7 Å². The van der Waals surface area contributed by atoms with Crippen LogP contribution in [0.2, 0.25) is 0 Å². The maximum absolute atomic E-state index is 13.2. The zero-order chi connectivity index (χ0) is 20.3. The van der Waals surface area contributed by atoms with Crippen LogP contribution in [-0.4, -0.2) is 35.6 Å². The Morgan fingerprint density at radius 1 is 0.931 bits per heavy atom. The molecule has 0 unspecified atom stereocenters. The van der Waals surface area contributed by atoms with Crippen LogP contribution in [0, 0.1) is 12.8 Å². The van der Waals surface area contributed by atoms with Gasteiger partial charge in [-0.3, -0.25) is 4.68 Å². The first-order valence-corrected chi connectivity index (χ1v) is 11.6. The van der Waals surface area contributed by atoms with Gasteiger partial charge in [-0.2, -0.15) is 9.40 Å². The molecule has 0 aliphatic carbocycles. The second-order valence-corrected chi connectivity index (χ2v) is 9.71. The van der Waals surface area contributed by atoms with E-state index in [-0.39, 0.29) is 0 Å². The number of aromatic nitrogens is 2. The van der Waals surface area contributed by atoms with Crippen molar-refractivity contribution >= 4 is 10.0 Å². The van der Waals surface area contributed by atoms with Gasteiger partial charge < -0.3 is 0 Å². The van der Waals surface area contributed by atoms with Crippen molar-refractivity contribution in [2.75, 3.05) is 13.1 Å². The van der Waals surface area contributed by atoms with E-state index in [0.29, 0.717) is 36.1 Å². The van der Waals surface area contributed by atoms with E-state index < -0.39 is 10.0 Å². The molecule has 1 aliphatic heterocycles. The average molecular weight is 410 g/mol. The summed E-state index contributed by atoms with van der Waals surface area (Å²) in [4.78, 5) is 0.329. The van der Waals surface area contributed by atoms with Crippen LogP contribution in [-0.2, 0) is 23.0 Å². The minimum atomic E-state index is -3.51. The third-order valence-corrected chi connectivity index (χ3v) is 7.65. The molecular formula is C23H27N3O2S. The molecule has 2 heterocycles. The minimum Gasteiger partial charge on any atom is -0.267 e. The molecule has 2 aromatic carbocycles. The van der Waals surface area contributed by atoms with Gasteiger partial charge in [0.05, 0.1) is 12.2 Å². The molecule has 0 bridgehead atoms. The first-order valence-electron chi connectivity index (χ1n) is 10.1. The predicted molar refractivity (Wildman–Crippen MR) is 114 cm³/mol. The molecule has 5 nitrogen and oxygen atoms in total. The Kier molecular flexibility index (Phi) is 5.83. The van der Waals surface area contributed by atoms with E-state index in [1.54, 1.807) is 22.1 Å². The van der Waals surface area contributed by atoms with Crippen LogP contribution in [0.1, 0.15) is 29.7 Å². The zero-order valence-electron chi connectivity index (χ0n) is 16.7. The summed E-state index contributed by atoms with van der Waals surface area (Å²) in [5.74, 6) is 0.533. The van der Waals surface area contributed by atoms with E-state index in [9.17, 15) is 8.42 Å². The summed E-state index contributed by atoms with van der Waals surface area (Å²) in [5.41, 5.74) is 2.99. The predicted octanol–water partition coefficient (Wildman–Crippen LogP) is 3.88. The third-order valence-electron chi connectivity index (χ3n) is 5.65. The van der Waals surface area contributed by atoms with E-state index in [2.05, 4.69) is 29.4 Å². The van der Waals surface area contributed by atoms with Gasteiger partial charge in [0.25, 0.3) is 0 Å². The fraction of sp³-hybridized carbons (Fsp3) is 0.348. The Balaban J connectivity index is 1.42. The molecule has 1 saturated heterocycles. The van der Waals surface area contributed by atoms with Crippen LogP contribution in [0.25, 0.3) is 0 Å². The average Bonchev–Trinajstić information content (AvgIpc) is 3.11. The lowest BCUT2D eigenvalue weighted by atomic mass is 9.91.